The quantitative estimate of drug-likeness (QED) is 0.683. The molecular formula is C14H15N5O. The van der Waals surface area contributed by atoms with Crippen molar-refractivity contribution in [2.45, 2.75) is 19.8 Å². The van der Waals surface area contributed by atoms with Crippen LogP contribution in [0.25, 0.3) is 10.9 Å². The van der Waals surface area contributed by atoms with Gasteiger partial charge in [-0.2, -0.15) is 10.2 Å². The number of nitrogens with one attached hydrogen (secondary N) is 3. The number of aromatic nitrogens is 4. The first kappa shape index (κ1) is 12.4. The van der Waals surface area contributed by atoms with Gasteiger partial charge in [0.1, 0.15) is 0 Å². The summed E-state index contributed by atoms with van der Waals surface area (Å²) in [5, 5.41) is 17.5. The molecule has 0 aliphatic rings. The van der Waals surface area contributed by atoms with Gasteiger partial charge < -0.3 is 5.32 Å². The standard InChI is InChI=1S/C14H15N5O/c1-8(2)11-6-13(19-18-11)16-14(20)9-3-4-10-7-15-17-12(10)5-9/h3-8H,1-2H3,(H,15,17)(H2,16,18,19,20). The van der Waals surface area contributed by atoms with Gasteiger partial charge in [0, 0.05) is 22.7 Å². The topological polar surface area (TPSA) is 86.5 Å². The minimum absolute atomic E-state index is 0.191. The molecule has 0 unspecified atom stereocenters. The van der Waals surface area contributed by atoms with E-state index in [2.05, 4.69) is 39.6 Å². The van der Waals surface area contributed by atoms with Crippen LogP contribution in [0, 0.1) is 0 Å². The normalized spacial score (nSPS) is 11.2. The van der Waals surface area contributed by atoms with E-state index in [4.69, 9.17) is 0 Å². The molecule has 2 heterocycles. The lowest BCUT2D eigenvalue weighted by Crippen LogP contribution is -2.12. The average molecular weight is 269 g/mol. The van der Waals surface area contributed by atoms with Crippen LogP contribution in [0.15, 0.2) is 30.5 Å². The molecule has 3 rings (SSSR count). The van der Waals surface area contributed by atoms with Crippen molar-refractivity contribution in [1.82, 2.24) is 20.4 Å². The molecule has 0 radical (unpaired) electrons. The highest BCUT2D eigenvalue weighted by atomic mass is 16.1. The molecule has 3 aromatic rings. The number of nitrogens with zero attached hydrogens (tertiary/aromatic N) is 2. The summed E-state index contributed by atoms with van der Waals surface area (Å²) in [4.78, 5) is 12.2. The van der Waals surface area contributed by atoms with Crippen LogP contribution >= 0.6 is 0 Å². The molecule has 6 nitrogen and oxygen atoms in total. The van der Waals surface area contributed by atoms with E-state index in [1.807, 2.05) is 12.1 Å². The Labute approximate surface area is 115 Å². The molecule has 3 N–H and O–H groups in total. The Balaban J connectivity index is 1.80. The summed E-state index contributed by atoms with van der Waals surface area (Å²) in [7, 11) is 0. The van der Waals surface area contributed by atoms with Gasteiger partial charge in [0.15, 0.2) is 5.82 Å². The smallest absolute Gasteiger partial charge is 0.256 e. The SMILES string of the molecule is CC(C)c1cc(NC(=O)c2ccc3cn[nH]c3c2)n[nH]1. The van der Waals surface area contributed by atoms with Crippen molar-refractivity contribution in [3.8, 4) is 0 Å². The van der Waals surface area contributed by atoms with Crippen LogP contribution in [-0.2, 0) is 0 Å². The second kappa shape index (κ2) is 4.80. The van der Waals surface area contributed by atoms with Crippen LogP contribution < -0.4 is 5.32 Å². The minimum Gasteiger partial charge on any atom is -0.305 e. The van der Waals surface area contributed by atoms with Gasteiger partial charge in [-0.15, -0.1) is 0 Å². The number of H-pyrrole nitrogens is 2. The zero-order valence-corrected chi connectivity index (χ0v) is 11.3. The van der Waals surface area contributed by atoms with Crippen molar-refractivity contribution < 1.29 is 4.79 Å². The molecule has 0 saturated heterocycles. The maximum Gasteiger partial charge on any atom is 0.256 e. The molecule has 102 valence electrons. The number of aromatic amines is 2. The Morgan fingerprint density at radius 3 is 2.85 bits per heavy atom. The molecule has 0 aliphatic carbocycles. The highest BCUT2D eigenvalue weighted by Crippen LogP contribution is 2.17. The van der Waals surface area contributed by atoms with Crippen molar-refractivity contribution in [1.29, 1.82) is 0 Å². The van der Waals surface area contributed by atoms with Crippen molar-refractivity contribution in [3.05, 3.63) is 41.7 Å². The van der Waals surface area contributed by atoms with Crippen LogP contribution in [0.3, 0.4) is 0 Å². The summed E-state index contributed by atoms with van der Waals surface area (Å²) >= 11 is 0. The fraction of sp³-hybridized carbons (Fsp3) is 0.214. The van der Waals surface area contributed by atoms with Gasteiger partial charge in [0.05, 0.1) is 11.7 Å². The first-order chi connectivity index (χ1) is 9.63. The number of hydrogen-bond acceptors (Lipinski definition) is 3. The van der Waals surface area contributed by atoms with Gasteiger partial charge in [-0.25, -0.2) is 0 Å². The monoisotopic (exact) mass is 269 g/mol. The lowest BCUT2D eigenvalue weighted by Gasteiger charge is -2.01. The Kier molecular flexibility index (Phi) is 2.98. The molecule has 0 saturated carbocycles. The van der Waals surface area contributed by atoms with E-state index >= 15 is 0 Å². The largest absolute Gasteiger partial charge is 0.305 e. The second-order valence-electron chi connectivity index (χ2n) is 4.99. The van der Waals surface area contributed by atoms with Crippen LogP contribution in [0.1, 0.15) is 35.8 Å². The van der Waals surface area contributed by atoms with Gasteiger partial charge in [0.25, 0.3) is 5.91 Å². The number of carbonyl (C=O) groups excluding carboxylic acids is 1. The highest BCUT2D eigenvalue weighted by molar-refractivity contribution is 6.05. The molecule has 6 heteroatoms. The van der Waals surface area contributed by atoms with Crippen molar-refractivity contribution in [3.63, 3.8) is 0 Å². The first-order valence-electron chi connectivity index (χ1n) is 6.43. The van der Waals surface area contributed by atoms with Gasteiger partial charge in [0.2, 0.25) is 0 Å². The molecule has 0 fully saturated rings. The summed E-state index contributed by atoms with van der Waals surface area (Å²) in [5.41, 5.74) is 2.39. The van der Waals surface area contributed by atoms with Crippen LogP contribution in [-0.4, -0.2) is 26.3 Å². The van der Waals surface area contributed by atoms with Gasteiger partial charge >= 0.3 is 0 Å². The van der Waals surface area contributed by atoms with E-state index in [1.165, 1.54) is 0 Å². The Bertz CT molecular complexity index is 756. The number of fused-ring (bicyclic) bond motifs is 1. The maximum atomic E-state index is 12.2. The van der Waals surface area contributed by atoms with Crippen molar-refractivity contribution >= 4 is 22.6 Å². The number of carbonyl (C=O) groups is 1. The van der Waals surface area contributed by atoms with Crippen molar-refractivity contribution in [2.75, 3.05) is 5.32 Å². The molecule has 2 aromatic heterocycles. The van der Waals surface area contributed by atoms with Gasteiger partial charge in [-0.05, 0) is 18.1 Å². The Hall–Kier alpha value is -2.63. The van der Waals surface area contributed by atoms with Crippen LogP contribution in [0.4, 0.5) is 5.82 Å². The van der Waals surface area contributed by atoms with Crippen molar-refractivity contribution in [2.24, 2.45) is 0 Å². The Morgan fingerprint density at radius 2 is 2.10 bits per heavy atom. The molecule has 0 aliphatic heterocycles. The van der Waals surface area contributed by atoms with E-state index in [9.17, 15) is 4.79 Å². The average Bonchev–Trinajstić information content (AvgIpc) is 3.05. The van der Waals surface area contributed by atoms with Crippen LogP contribution in [0.2, 0.25) is 0 Å². The maximum absolute atomic E-state index is 12.2. The third kappa shape index (κ3) is 2.27. The lowest BCUT2D eigenvalue weighted by molar-refractivity contribution is 0.102. The van der Waals surface area contributed by atoms with E-state index in [0.29, 0.717) is 17.3 Å². The first-order valence-corrected chi connectivity index (χ1v) is 6.43. The summed E-state index contributed by atoms with van der Waals surface area (Å²) in [5.74, 6) is 0.682. The minimum atomic E-state index is -0.191. The Morgan fingerprint density at radius 1 is 1.25 bits per heavy atom. The second-order valence-corrected chi connectivity index (χ2v) is 4.99. The third-order valence-corrected chi connectivity index (χ3v) is 3.17. The number of rotatable bonds is 3. The molecule has 1 aromatic carbocycles. The van der Waals surface area contributed by atoms with E-state index in [0.717, 1.165) is 16.6 Å². The number of hydrogen-bond donors (Lipinski definition) is 3. The molecule has 0 spiro atoms. The molecular weight excluding hydrogens is 254 g/mol. The zero-order valence-electron chi connectivity index (χ0n) is 11.3. The van der Waals surface area contributed by atoms with E-state index < -0.39 is 0 Å². The fourth-order valence-electron chi connectivity index (χ4n) is 1.96. The summed E-state index contributed by atoms with van der Waals surface area (Å²) in [6, 6.07) is 7.24. The predicted octanol–water partition coefficient (Wildman–Crippen LogP) is 2.66. The third-order valence-electron chi connectivity index (χ3n) is 3.17. The van der Waals surface area contributed by atoms with Gasteiger partial charge in [-0.3, -0.25) is 15.0 Å². The summed E-state index contributed by atoms with van der Waals surface area (Å²) in [6.45, 7) is 4.12. The number of anilines is 1. The van der Waals surface area contributed by atoms with E-state index in [-0.39, 0.29) is 5.91 Å². The number of amides is 1. The summed E-state index contributed by atoms with van der Waals surface area (Å²) < 4.78 is 0. The molecule has 0 atom stereocenters. The highest BCUT2D eigenvalue weighted by Gasteiger charge is 2.10. The van der Waals surface area contributed by atoms with E-state index in [1.54, 1.807) is 18.3 Å². The number of benzene rings is 1. The zero-order chi connectivity index (χ0) is 14.1. The van der Waals surface area contributed by atoms with Gasteiger partial charge in [-0.1, -0.05) is 19.9 Å². The molecule has 1 amide bonds. The lowest BCUT2D eigenvalue weighted by atomic mass is 10.1. The fourth-order valence-corrected chi connectivity index (χ4v) is 1.96. The predicted molar refractivity (Wildman–Crippen MR) is 76.7 cm³/mol. The molecule has 0 bridgehead atoms. The summed E-state index contributed by atoms with van der Waals surface area (Å²) in [6.07, 6.45) is 1.72. The van der Waals surface area contributed by atoms with Crippen LogP contribution in [0.5, 0.6) is 0 Å². The molecule has 20 heavy (non-hydrogen) atoms.